The minimum absolute atomic E-state index is 0.0623. The molecule has 12 heteroatoms. The van der Waals surface area contributed by atoms with Crippen molar-refractivity contribution < 1.29 is 41.0 Å². The van der Waals surface area contributed by atoms with E-state index in [-0.39, 0.29) is 52.2 Å². The van der Waals surface area contributed by atoms with Crippen LogP contribution in [0.2, 0.25) is 0 Å². The zero-order valence-electron chi connectivity index (χ0n) is 16.6. The molecule has 0 fully saturated rings. The van der Waals surface area contributed by atoms with Gasteiger partial charge in [0.1, 0.15) is 5.00 Å². The van der Waals surface area contributed by atoms with E-state index >= 15 is 0 Å². The number of methoxy groups -OCH3 is 1. The molecule has 0 spiro atoms. The van der Waals surface area contributed by atoms with E-state index in [1.807, 2.05) is 0 Å². The van der Waals surface area contributed by atoms with E-state index in [0.717, 1.165) is 17.4 Å². The molecule has 0 saturated carbocycles. The fraction of sp³-hybridized carbons (Fsp3) is 0.368. The Hall–Kier alpha value is -2.73. The number of rotatable bonds is 7. The fourth-order valence-corrected chi connectivity index (χ4v) is 6.14. The third kappa shape index (κ3) is 5.13. The van der Waals surface area contributed by atoms with Gasteiger partial charge in [-0.3, -0.25) is 4.79 Å². The van der Waals surface area contributed by atoms with Gasteiger partial charge >= 0.3 is 12.6 Å². The summed E-state index contributed by atoms with van der Waals surface area (Å²) in [6, 6.07) is 3.64. The molecular formula is C19H19F2NO7S2. The molecule has 1 amide bonds. The average molecular weight is 475 g/mol. The molecule has 2 aromatic rings. The number of fused-ring (bicyclic) bond motifs is 1. The minimum Gasteiger partial charge on any atom is -0.493 e. The number of amides is 1. The molecular weight excluding hydrogens is 456 g/mol. The van der Waals surface area contributed by atoms with Gasteiger partial charge in [-0.15, -0.1) is 11.3 Å². The van der Waals surface area contributed by atoms with Crippen LogP contribution in [0, 0.1) is 0 Å². The minimum atomic E-state index is -3.29. The Labute approximate surface area is 181 Å². The number of alkyl halides is 2. The lowest BCUT2D eigenvalue weighted by Gasteiger charge is -2.13. The van der Waals surface area contributed by atoms with Crippen molar-refractivity contribution in [3.05, 3.63) is 39.8 Å². The molecule has 1 aliphatic rings. The van der Waals surface area contributed by atoms with Crippen molar-refractivity contribution in [2.24, 2.45) is 0 Å². The maximum absolute atomic E-state index is 12.8. The van der Waals surface area contributed by atoms with Crippen LogP contribution in [-0.2, 0) is 26.7 Å². The summed E-state index contributed by atoms with van der Waals surface area (Å²) < 4.78 is 63.3. The van der Waals surface area contributed by atoms with Crippen LogP contribution in [0.4, 0.5) is 13.8 Å². The van der Waals surface area contributed by atoms with Crippen molar-refractivity contribution in [2.75, 3.05) is 24.8 Å². The summed E-state index contributed by atoms with van der Waals surface area (Å²) in [4.78, 5) is 25.7. The van der Waals surface area contributed by atoms with Crippen molar-refractivity contribution in [1.82, 2.24) is 0 Å². The quantitative estimate of drug-likeness (QED) is 0.613. The third-order valence-electron chi connectivity index (χ3n) is 4.45. The van der Waals surface area contributed by atoms with Crippen LogP contribution >= 0.6 is 11.3 Å². The van der Waals surface area contributed by atoms with Crippen molar-refractivity contribution in [2.45, 2.75) is 25.7 Å². The molecule has 168 valence electrons. The molecule has 1 aliphatic heterocycles. The normalized spacial score (nSPS) is 14.6. The summed E-state index contributed by atoms with van der Waals surface area (Å²) in [5.74, 6) is -1.93. The van der Waals surface area contributed by atoms with Crippen LogP contribution in [0.1, 0.15) is 38.1 Å². The highest BCUT2D eigenvalue weighted by atomic mass is 32.2. The number of anilines is 1. The van der Waals surface area contributed by atoms with Crippen LogP contribution in [0.3, 0.4) is 0 Å². The molecule has 0 radical (unpaired) electrons. The van der Waals surface area contributed by atoms with Gasteiger partial charge in [0.05, 0.1) is 30.8 Å². The first-order valence-corrected chi connectivity index (χ1v) is 11.7. The van der Waals surface area contributed by atoms with Gasteiger partial charge in [0.25, 0.3) is 5.91 Å². The number of thiophene rings is 1. The fourth-order valence-electron chi connectivity index (χ4n) is 3.11. The predicted molar refractivity (Wildman–Crippen MR) is 109 cm³/mol. The molecule has 2 heterocycles. The van der Waals surface area contributed by atoms with E-state index in [2.05, 4.69) is 10.1 Å². The van der Waals surface area contributed by atoms with Crippen LogP contribution in [0.5, 0.6) is 11.5 Å². The number of hydrogen-bond donors (Lipinski definition) is 1. The molecule has 1 aromatic carbocycles. The van der Waals surface area contributed by atoms with Crippen LogP contribution in [0.25, 0.3) is 0 Å². The summed E-state index contributed by atoms with van der Waals surface area (Å²) in [6.45, 7) is -1.32. The highest BCUT2D eigenvalue weighted by Crippen LogP contribution is 2.39. The second-order valence-corrected chi connectivity index (χ2v) is 9.76. The molecule has 0 unspecified atom stereocenters. The van der Waals surface area contributed by atoms with Crippen molar-refractivity contribution in [1.29, 1.82) is 0 Å². The summed E-state index contributed by atoms with van der Waals surface area (Å²) in [7, 11) is -2.05. The number of esters is 1. The molecule has 0 atom stereocenters. The lowest BCUT2D eigenvalue weighted by Crippen LogP contribution is -2.20. The highest BCUT2D eigenvalue weighted by molar-refractivity contribution is 7.90. The first-order chi connectivity index (χ1) is 14.6. The second-order valence-electron chi connectivity index (χ2n) is 6.47. The Bertz CT molecular complexity index is 1110. The number of carbonyl (C=O) groups excluding carboxylic acids is 2. The van der Waals surface area contributed by atoms with Crippen LogP contribution in [0.15, 0.2) is 18.2 Å². The summed E-state index contributed by atoms with van der Waals surface area (Å²) in [5.41, 5.74) is 0.744. The number of ether oxygens (including phenoxy) is 3. The van der Waals surface area contributed by atoms with Gasteiger partial charge in [-0.25, -0.2) is 13.2 Å². The number of hydrogen-bond acceptors (Lipinski definition) is 8. The molecule has 1 N–H and O–H groups in total. The first-order valence-electron chi connectivity index (χ1n) is 9.11. The number of benzene rings is 1. The van der Waals surface area contributed by atoms with E-state index in [9.17, 15) is 26.8 Å². The van der Waals surface area contributed by atoms with Crippen molar-refractivity contribution in [3.63, 3.8) is 0 Å². The Balaban J connectivity index is 1.94. The van der Waals surface area contributed by atoms with E-state index in [4.69, 9.17) is 9.47 Å². The van der Waals surface area contributed by atoms with Gasteiger partial charge in [0.2, 0.25) is 0 Å². The van der Waals surface area contributed by atoms with Gasteiger partial charge in [-0.05, 0) is 37.1 Å². The largest absolute Gasteiger partial charge is 0.493 e. The molecule has 0 aliphatic carbocycles. The van der Waals surface area contributed by atoms with Gasteiger partial charge in [-0.1, -0.05) is 0 Å². The maximum atomic E-state index is 12.8. The Morgan fingerprint density at radius 3 is 2.65 bits per heavy atom. The van der Waals surface area contributed by atoms with Crippen molar-refractivity contribution in [3.8, 4) is 11.5 Å². The zero-order chi connectivity index (χ0) is 22.8. The van der Waals surface area contributed by atoms with Gasteiger partial charge in [-0.2, -0.15) is 8.78 Å². The molecule has 0 saturated heterocycles. The average Bonchev–Trinajstić information content (AvgIpc) is 3.03. The predicted octanol–water partition coefficient (Wildman–Crippen LogP) is 3.26. The topological polar surface area (TPSA) is 108 Å². The number of halogens is 2. The Morgan fingerprint density at radius 1 is 1.26 bits per heavy atom. The molecule has 1 aromatic heterocycles. The standard InChI is InChI=1S/C19H19F2NO7S2/c1-3-28-18(24)15-11-6-7-31(25,26)9-14(11)30-17(15)22-16(23)10-4-5-12(29-19(20)21)13(8-10)27-2/h4-5,8,19H,3,6-7,9H2,1-2H3,(H,22,23). The van der Waals surface area contributed by atoms with E-state index in [1.54, 1.807) is 6.92 Å². The van der Waals surface area contributed by atoms with Crippen molar-refractivity contribution >= 4 is 38.1 Å². The Morgan fingerprint density at radius 2 is 2.00 bits per heavy atom. The molecule has 0 bridgehead atoms. The first kappa shape index (κ1) is 22.9. The number of nitrogens with one attached hydrogen (secondary N) is 1. The lowest BCUT2D eigenvalue weighted by molar-refractivity contribution is -0.0512. The lowest BCUT2D eigenvalue weighted by atomic mass is 10.1. The summed E-state index contributed by atoms with van der Waals surface area (Å²) >= 11 is 0.996. The van der Waals surface area contributed by atoms with Gasteiger partial charge in [0, 0.05) is 10.4 Å². The smallest absolute Gasteiger partial charge is 0.387 e. The number of sulfone groups is 1. The van der Waals surface area contributed by atoms with Gasteiger partial charge in [0.15, 0.2) is 21.3 Å². The second kappa shape index (κ2) is 9.18. The van der Waals surface area contributed by atoms with E-state index < -0.39 is 28.3 Å². The zero-order valence-corrected chi connectivity index (χ0v) is 18.2. The van der Waals surface area contributed by atoms with E-state index in [0.29, 0.717) is 10.4 Å². The Kier molecular flexibility index (Phi) is 6.80. The van der Waals surface area contributed by atoms with E-state index in [1.165, 1.54) is 19.2 Å². The van der Waals surface area contributed by atoms with Crippen LogP contribution in [-0.4, -0.2) is 46.4 Å². The SMILES string of the molecule is CCOC(=O)c1c(NC(=O)c2ccc(OC(F)F)c(OC)c2)sc2c1CCS(=O)(=O)C2. The molecule has 3 rings (SSSR count). The maximum Gasteiger partial charge on any atom is 0.387 e. The third-order valence-corrected chi connectivity index (χ3v) is 7.34. The molecule has 8 nitrogen and oxygen atoms in total. The van der Waals surface area contributed by atoms with Crippen LogP contribution < -0.4 is 14.8 Å². The summed E-state index contributed by atoms with van der Waals surface area (Å²) in [5, 5.41) is 2.77. The summed E-state index contributed by atoms with van der Waals surface area (Å²) in [6.07, 6.45) is 0.145. The number of carbonyl (C=O) groups is 2. The van der Waals surface area contributed by atoms with Gasteiger partial charge < -0.3 is 19.5 Å². The highest BCUT2D eigenvalue weighted by Gasteiger charge is 2.32. The monoisotopic (exact) mass is 475 g/mol. The molecule has 31 heavy (non-hydrogen) atoms.